The fourth-order valence-corrected chi connectivity index (χ4v) is 1.54. The van der Waals surface area contributed by atoms with E-state index in [0.29, 0.717) is 12.0 Å². The van der Waals surface area contributed by atoms with Crippen molar-refractivity contribution in [2.24, 2.45) is 0 Å². The second-order valence-corrected chi connectivity index (χ2v) is 5.34. The number of nitrogens with one attached hydrogen (secondary N) is 1. The number of pyridine rings is 1. The van der Waals surface area contributed by atoms with Crippen molar-refractivity contribution in [3.8, 4) is 0 Å². The van der Waals surface area contributed by atoms with Gasteiger partial charge in [-0.2, -0.15) is 0 Å². The maximum absolute atomic E-state index is 4.66. The fourth-order valence-electron chi connectivity index (χ4n) is 1.54. The molecule has 0 saturated carbocycles. The van der Waals surface area contributed by atoms with Crippen molar-refractivity contribution >= 4 is 5.82 Å². The van der Waals surface area contributed by atoms with Crippen molar-refractivity contribution in [2.75, 3.05) is 19.0 Å². The lowest BCUT2D eigenvalue weighted by molar-refractivity contribution is 0.587. The molecule has 0 radical (unpaired) electrons. The highest BCUT2D eigenvalue weighted by atomic mass is 15.1. The van der Waals surface area contributed by atoms with Crippen LogP contribution in [-0.4, -0.2) is 25.1 Å². The Bertz CT molecular complexity index is 330. The Labute approximate surface area is 105 Å². The largest absolute Gasteiger partial charge is 0.363 e. The molecule has 1 aromatic rings. The number of anilines is 1. The molecule has 0 aliphatic rings. The van der Waals surface area contributed by atoms with Gasteiger partial charge < -0.3 is 10.2 Å². The lowest BCUT2D eigenvalue weighted by Crippen LogP contribution is -2.22. The topological polar surface area (TPSA) is 28.2 Å². The Hall–Kier alpha value is -1.09. The SMILES string of the molecule is CC(C)NCc1cc(C(C)C)nc(N(C)C)c1. The van der Waals surface area contributed by atoms with Gasteiger partial charge in [0.05, 0.1) is 0 Å². The van der Waals surface area contributed by atoms with Gasteiger partial charge in [0, 0.05) is 32.4 Å². The second kappa shape index (κ2) is 6.01. The molecular weight excluding hydrogens is 210 g/mol. The van der Waals surface area contributed by atoms with Crippen LogP contribution >= 0.6 is 0 Å². The Balaban J connectivity index is 2.95. The van der Waals surface area contributed by atoms with Crippen molar-refractivity contribution < 1.29 is 0 Å². The summed E-state index contributed by atoms with van der Waals surface area (Å²) in [5, 5.41) is 3.45. The Kier molecular flexibility index (Phi) is 4.94. The molecule has 17 heavy (non-hydrogen) atoms. The molecule has 3 heteroatoms. The third kappa shape index (κ3) is 4.35. The van der Waals surface area contributed by atoms with Crippen LogP contribution in [-0.2, 0) is 6.54 Å². The van der Waals surface area contributed by atoms with E-state index in [1.807, 2.05) is 14.1 Å². The van der Waals surface area contributed by atoms with Crippen LogP contribution in [0.5, 0.6) is 0 Å². The molecule has 0 aliphatic heterocycles. The van der Waals surface area contributed by atoms with Gasteiger partial charge in [-0.15, -0.1) is 0 Å². The first-order valence-electron chi connectivity index (χ1n) is 6.31. The maximum Gasteiger partial charge on any atom is 0.128 e. The van der Waals surface area contributed by atoms with Crippen molar-refractivity contribution in [2.45, 2.75) is 46.2 Å². The highest BCUT2D eigenvalue weighted by Crippen LogP contribution is 2.19. The molecule has 1 rings (SSSR count). The van der Waals surface area contributed by atoms with Crippen LogP contribution in [0.4, 0.5) is 5.82 Å². The molecule has 1 heterocycles. The molecule has 0 atom stereocenters. The van der Waals surface area contributed by atoms with Crippen molar-refractivity contribution in [1.29, 1.82) is 0 Å². The average molecular weight is 235 g/mol. The highest BCUT2D eigenvalue weighted by Gasteiger charge is 2.07. The summed E-state index contributed by atoms with van der Waals surface area (Å²) in [6.45, 7) is 9.60. The summed E-state index contributed by atoms with van der Waals surface area (Å²) in [6, 6.07) is 4.86. The number of nitrogens with zero attached hydrogens (tertiary/aromatic N) is 2. The van der Waals surface area contributed by atoms with Crippen molar-refractivity contribution in [1.82, 2.24) is 10.3 Å². The molecule has 1 aromatic heterocycles. The third-order valence-corrected chi connectivity index (χ3v) is 2.66. The van der Waals surface area contributed by atoms with Crippen LogP contribution in [0.15, 0.2) is 12.1 Å². The predicted octanol–water partition coefficient (Wildman–Crippen LogP) is 2.77. The molecule has 0 fully saturated rings. The van der Waals surface area contributed by atoms with Gasteiger partial charge in [0.2, 0.25) is 0 Å². The number of rotatable bonds is 5. The van der Waals surface area contributed by atoms with Crippen LogP contribution in [0.25, 0.3) is 0 Å². The Morgan fingerprint density at radius 2 is 1.82 bits per heavy atom. The van der Waals surface area contributed by atoms with Gasteiger partial charge in [-0.3, -0.25) is 0 Å². The van der Waals surface area contributed by atoms with Gasteiger partial charge in [0.15, 0.2) is 0 Å². The molecule has 0 aliphatic carbocycles. The number of aromatic nitrogens is 1. The fraction of sp³-hybridized carbons (Fsp3) is 0.643. The summed E-state index contributed by atoms with van der Waals surface area (Å²) < 4.78 is 0. The average Bonchev–Trinajstić information content (AvgIpc) is 2.25. The normalized spacial score (nSPS) is 11.3. The minimum atomic E-state index is 0.465. The van der Waals surface area contributed by atoms with Crippen molar-refractivity contribution in [3.63, 3.8) is 0 Å². The van der Waals surface area contributed by atoms with E-state index < -0.39 is 0 Å². The minimum absolute atomic E-state index is 0.465. The van der Waals surface area contributed by atoms with E-state index in [9.17, 15) is 0 Å². The van der Waals surface area contributed by atoms with Crippen LogP contribution < -0.4 is 10.2 Å². The van der Waals surface area contributed by atoms with Gasteiger partial charge >= 0.3 is 0 Å². The zero-order valence-electron chi connectivity index (χ0n) is 11.9. The molecule has 0 saturated heterocycles. The molecule has 0 aromatic carbocycles. The quantitative estimate of drug-likeness (QED) is 0.850. The minimum Gasteiger partial charge on any atom is -0.363 e. The molecule has 3 nitrogen and oxygen atoms in total. The van der Waals surface area contributed by atoms with E-state index >= 15 is 0 Å². The Morgan fingerprint density at radius 1 is 1.18 bits per heavy atom. The standard InChI is InChI=1S/C14H25N3/c1-10(2)13-7-12(9-15-11(3)4)8-14(16-13)17(5)6/h7-8,10-11,15H,9H2,1-6H3. The van der Waals surface area contributed by atoms with E-state index in [-0.39, 0.29) is 0 Å². The zero-order valence-corrected chi connectivity index (χ0v) is 11.9. The van der Waals surface area contributed by atoms with E-state index in [4.69, 9.17) is 0 Å². The summed E-state index contributed by atoms with van der Waals surface area (Å²) in [7, 11) is 4.07. The van der Waals surface area contributed by atoms with E-state index in [2.05, 4.69) is 55.0 Å². The summed E-state index contributed by atoms with van der Waals surface area (Å²) in [5.41, 5.74) is 2.47. The summed E-state index contributed by atoms with van der Waals surface area (Å²) >= 11 is 0. The second-order valence-electron chi connectivity index (χ2n) is 5.34. The monoisotopic (exact) mass is 235 g/mol. The first-order chi connectivity index (χ1) is 7.90. The first-order valence-corrected chi connectivity index (χ1v) is 6.31. The van der Waals surface area contributed by atoms with E-state index in [1.54, 1.807) is 0 Å². The molecule has 1 N–H and O–H groups in total. The maximum atomic E-state index is 4.66. The molecule has 0 spiro atoms. The van der Waals surface area contributed by atoms with E-state index in [0.717, 1.165) is 18.1 Å². The van der Waals surface area contributed by atoms with Gasteiger partial charge in [0.1, 0.15) is 5.82 Å². The van der Waals surface area contributed by atoms with E-state index in [1.165, 1.54) is 5.56 Å². The summed E-state index contributed by atoms with van der Waals surface area (Å²) in [5.74, 6) is 1.50. The lowest BCUT2D eigenvalue weighted by atomic mass is 10.1. The van der Waals surface area contributed by atoms with Crippen LogP contribution in [0.3, 0.4) is 0 Å². The molecule has 0 unspecified atom stereocenters. The third-order valence-electron chi connectivity index (χ3n) is 2.66. The van der Waals surface area contributed by atoms with Gasteiger partial charge in [0.25, 0.3) is 0 Å². The Morgan fingerprint density at radius 3 is 2.29 bits per heavy atom. The van der Waals surface area contributed by atoms with Crippen LogP contribution in [0.2, 0.25) is 0 Å². The summed E-state index contributed by atoms with van der Waals surface area (Å²) in [6.07, 6.45) is 0. The molecular formula is C14H25N3. The predicted molar refractivity (Wildman–Crippen MR) is 74.6 cm³/mol. The van der Waals surface area contributed by atoms with Crippen LogP contribution in [0.1, 0.15) is 44.9 Å². The van der Waals surface area contributed by atoms with Crippen molar-refractivity contribution in [3.05, 3.63) is 23.4 Å². The zero-order chi connectivity index (χ0) is 13.0. The van der Waals surface area contributed by atoms with Gasteiger partial charge in [-0.25, -0.2) is 4.98 Å². The molecule has 0 amide bonds. The van der Waals surface area contributed by atoms with Gasteiger partial charge in [-0.05, 0) is 23.6 Å². The first kappa shape index (κ1) is 14.0. The lowest BCUT2D eigenvalue weighted by Gasteiger charge is -2.17. The highest BCUT2D eigenvalue weighted by molar-refractivity contribution is 5.41. The number of hydrogen-bond donors (Lipinski definition) is 1. The van der Waals surface area contributed by atoms with Gasteiger partial charge in [-0.1, -0.05) is 27.7 Å². The molecule has 96 valence electrons. The molecule has 0 bridgehead atoms. The summed E-state index contributed by atoms with van der Waals surface area (Å²) in [4.78, 5) is 6.72. The van der Waals surface area contributed by atoms with Crippen LogP contribution in [0, 0.1) is 0 Å². The number of hydrogen-bond acceptors (Lipinski definition) is 3. The smallest absolute Gasteiger partial charge is 0.128 e.